The van der Waals surface area contributed by atoms with E-state index in [9.17, 15) is 4.79 Å². The lowest BCUT2D eigenvalue weighted by Crippen LogP contribution is -2.56. The normalized spacial score (nSPS) is 25.4. The van der Waals surface area contributed by atoms with Crippen molar-refractivity contribution in [2.24, 2.45) is 11.7 Å². The molecule has 2 saturated heterocycles. The topological polar surface area (TPSA) is 96.6 Å². The van der Waals surface area contributed by atoms with E-state index in [2.05, 4.69) is 22.0 Å². The van der Waals surface area contributed by atoms with Crippen molar-refractivity contribution in [2.45, 2.75) is 38.8 Å². The number of primary amides is 1. The Labute approximate surface area is 180 Å². The molecule has 2 fully saturated rings. The Bertz CT molecular complexity index is 941. The first-order valence-corrected chi connectivity index (χ1v) is 11.8. The van der Waals surface area contributed by atoms with Gasteiger partial charge in [0.05, 0.1) is 25.1 Å². The third kappa shape index (κ3) is 3.91. The average Bonchev–Trinajstić information content (AvgIpc) is 3.11. The van der Waals surface area contributed by atoms with E-state index in [0.717, 1.165) is 75.3 Å². The van der Waals surface area contributed by atoms with Gasteiger partial charge in [-0.25, -0.2) is 9.97 Å². The summed E-state index contributed by atoms with van der Waals surface area (Å²) in [4.78, 5) is 29.0. The molecule has 5 rings (SSSR count). The van der Waals surface area contributed by atoms with Crippen molar-refractivity contribution in [2.75, 3.05) is 50.8 Å². The number of nitrogens with zero attached hydrogens (tertiary/aromatic N) is 4. The zero-order valence-corrected chi connectivity index (χ0v) is 18.3. The molecule has 9 heteroatoms. The maximum absolute atomic E-state index is 11.8. The molecule has 3 N–H and O–H groups in total. The summed E-state index contributed by atoms with van der Waals surface area (Å²) in [6, 6.07) is -0.346. The van der Waals surface area contributed by atoms with Crippen LogP contribution in [0.1, 0.15) is 29.6 Å². The van der Waals surface area contributed by atoms with Gasteiger partial charge in [-0.15, -0.1) is 11.3 Å². The van der Waals surface area contributed by atoms with Gasteiger partial charge in [0, 0.05) is 37.6 Å². The van der Waals surface area contributed by atoms with E-state index in [4.69, 9.17) is 20.4 Å². The number of morpholine rings is 1. The maximum Gasteiger partial charge on any atom is 0.236 e. The van der Waals surface area contributed by atoms with Crippen molar-refractivity contribution in [1.82, 2.24) is 20.2 Å². The predicted octanol–water partition coefficient (Wildman–Crippen LogP) is 0.912. The van der Waals surface area contributed by atoms with Gasteiger partial charge in [-0.1, -0.05) is 6.92 Å². The Morgan fingerprint density at radius 2 is 2.13 bits per heavy atom. The SMILES string of the molecule is CC1CCc2c(sc3nc(CN4CCOCC4)nc(N4CCNC(C(N)=O)C4)c23)C1. The number of hydrogen-bond donors (Lipinski definition) is 2. The third-order valence-electron chi connectivity index (χ3n) is 6.47. The number of nitrogens with one attached hydrogen (secondary N) is 1. The van der Waals surface area contributed by atoms with E-state index >= 15 is 0 Å². The Morgan fingerprint density at radius 1 is 1.30 bits per heavy atom. The lowest BCUT2D eigenvalue weighted by Gasteiger charge is -2.34. The van der Waals surface area contributed by atoms with Gasteiger partial charge in [0.2, 0.25) is 5.91 Å². The van der Waals surface area contributed by atoms with Crippen LogP contribution >= 0.6 is 11.3 Å². The first kappa shape index (κ1) is 20.1. The van der Waals surface area contributed by atoms with Gasteiger partial charge < -0.3 is 20.7 Å². The molecule has 4 heterocycles. The van der Waals surface area contributed by atoms with Crippen molar-refractivity contribution >= 4 is 33.3 Å². The van der Waals surface area contributed by atoms with Gasteiger partial charge in [-0.2, -0.15) is 0 Å². The monoisotopic (exact) mass is 430 g/mol. The van der Waals surface area contributed by atoms with Crippen molar-refractivity contribution in [3.63, 3.8) is 0 Å². The summed E-state index contributed by atoms with van der Waals surface area (Å²) in [5.74, 6) is 2.26. The van der Waals surface area contributed by atoms with Crippen LogP contribution in [0.3, 0.4) is 0 Å². The number of hydrogen-bond acceptors (Lipinski definition) is 8. The third-order valence-corrected chi connectivity index (χ3v) is 7.62. The summed E-state index contributed by atoms with van der Waals surface area (Å²) in [5.41, 5.74) is 7.03. The van der Waals surface area contributed by atoms with Crippen LogP contribution in [-0.2, 0) is 28.9 Å². The number of piperazine rings is 1. The Kier molecular flexibility index (Phi) is 5.61. The standard InChI is InChI=1S/C21H30N6O2S/c1-13-2-3-14-16(10-13)30-21-18(14)20(27-5-4-23-15(11-27)19(22)28)24-17(25-21)12-26-6-8-29-9-7-26/h13,15,23H,2-12H2,1H3,(H2,22,28). The second-order valence-electron chi connectivity index (χ2n) is 8.74. The van der Waals surface area contributed by atoms with E-state index in [-0.39, 0.29) is 11.9 Å². The Balaban J connectivity index is 1.55. The van der Waals surface area contributed by atoms with Crippen molar-refractivity contribution in [1.29, 1.82) is 0 Å². The summed E-state index contributed by atoms with van der Waals surface area (Å²) >= 11 is 1.84. The second-order valence-corrected chi connectivity index (χ2v) is 9.82. The molecule has 0 radical (unpaired) electrons. The van der Waals surface area contributed by atoms with Gasteiger partial charge in [0.1, 0.15) is 22.5 Å². The van der Waals surface area contributed by atoms with E-state index in [1.165, 1.54) is 22.2 Å². The first-order valence-electron chi connectivity index (χ1n) is 11.0. The molecule has 2 aromatic rings. The number of aromatic nitrogens is 2. The highest BCUT2D eigenvalue weighted by Gasteiger charge is 2.30. The quantitative estimate of drug-likeness (QED) is 0.744. The highest BCUT2D eigenvalue weighted by molar-refractivity contribution is 7.19. The fourth-order valence-corrected chi connectivity index (χ4v) is 6.15. The summed E-state index contributed by atoms with van der Waals surface area (Å²) in [6.07, 6.45) is 3.42. The maximum atomic E-state index is 11.8. The number of carbonyl (C=O) groups is 1. The van der Waals surface area contributed by atoms with Gasteiger partial charge in [0.15, 0.2) is 0 Å². The highest BCUT2D eigenvalue weighted by atomic mass is 32.1. The van der Waals surface area contributed by atoms with Crippen LogP contribution in [0, 0.1) is 5.92 Å². The number of thiophene rings is 1. The molecular formula is C21H30N6O2S. The smallest absolute Gasteiger partial charge is 0.236 e. The molecule has 0 saturated carbocycles. The minimum atomic E-state index is -0.346. The number of carbonyl (C=O) groups excluding carboxylic acids is 1. The van der Waals surface area contributed by atoms with Crippen LogP contribution in [0.25, 0.3) is 10.2 Å². The summed E-state index contributed by atoms with van der Waals surface area (Å²) in [7, 11) is 0. The van der Waals surface area contributed by atoms with E-state index in [1.807, 2.05) is 11.3 Å². The van der Waals surface area contributed by atoms with Crippen LogP contribution < -0.4 is 16.0 Å². The summed E-state index contributed by atoms with van der Waals surface area (Å²) in [6.45, 7) is 8.50. The van der Waals surface area contributed by atoms with Crippen molar-refractivity contribution < 1.29 is 9.53 Å². The molecule has 162 valence electrons. The zero-order chi connectivity index (χ0) is 20.7. The number of nitrogens with two attached hydrogens (primary N) is 1. The first-order chi connectivity index (χ1) is 14.6. The van der Waals surface area contributed by atoms with Gasteiger partial charge >= 0.3 is 0 Å². The highest BCUT2D eigenvalue weighted by Crippen LogP contribution is 2.41. The molecule has 1 aliphatic carbocycles. The number of anilines is 1. The minimum Gasteiger partial charge on any atom is -0.379 e. The van der Waals surface area contributed by atoms with E-state index < -0.39 is 0 Å². The minimum absolute atomic E-state index is 0.306. The van der Waals surface area contributed by atoms with Crippen LogP contribution in [0.15, 0.2) is 0 Å². The van der Waals surface area contributed by atoms with Crippen LogP contribution in [0.2, 0.25) is 0 Å². The Morgan fingerprint density at radius 3 is 2.93 bits per heavy atom. The number of amides is 1. The van der Waals surface area contributed by atoms with E-state index in [1.54, 1.807) is 0 Å². The van der Waals surface area contributed by atoms with Crippen LogP contribution in [0.4, 0.5) is 5.82 Å². The Hall–Kier alpha value is -1.81. The summed E-state index contributed by atoms with van der Waals surface area (Å²) in [5, 5.41) is 4.44. The van der Waals surface area contributed by atoms with Gasteiger partial charge in [-0.05, 0) is 30.7 Å². The fourth-order valence-electron chi connectivity index (χ4n) is 4.76. The lowest BCUT2D eigenvalue weighted by molar-refractivity contribution is -0.120. The van der Waals surface area contributed by atoms with Crippen LogP contribution in [0.5, 0.6) is 0 Å². The number of aryl methyl sites for hydroxylation is 1. The largest absolute Gasteiger partial charge is 0.379 e. The number of ether oxygens (including phenoxy) is 1. The fraction of sp³-hybridized carbons (Fsp3) is 0.667. The number of rotatable bonds is 4. The molecule has 0 bridgehead atoms. The molecular weight excluding hydrogens is 400 g/mol. The molecule has 3 aliphatic rings. The van der Waals surface area contributed by atoms with Crippen molar-refractivity contribution in [3.05, 3.63) is 16.3 Å². The molecule has 2 atom stereocenters. The molecule has 2 aromatic heterocycles. The lowest BCUT2D eigenvalue weighted by atomic mass is 9.89. The van der Waals surface area contributed by atoms with Gasteiger partial charge in [0.25, 0.3) is 0 Å². The molecule has 0 aromatic carbocycles. The van der Waals surface area contributed by atoms with Gasteiger partial charge in [-0.3, -0.25) is 9.69 Å². The average molecular weight is 431 g/mol. The van der Waals surface area contributed by atoms with Crippen LogP contribution in [-0.4, -0.2) is 72.8 Å². The molecule has 30 heavy (non-hydrogen) atoms. The second kappa shape index (κ2) is 8.37. The zero-order valence-electron chi connectivity index (χ0n) is 17.5. The van der Waals surface area contributed by atoms with Crippen molar-refractivity contribution in [3.8, 4) is 0 Å². The molecule has 0 spiro atoms. The molecule has 2 aliphatic heterocycles. The predicted molar refractivity (Wildman–Crippen MR) is 118 cm³/mol. The molecule has 1 amide bonds. The molecule has 8 nitrogen and oxygen atoms in total. The number of fused-ring (bicyclic) bond motifs is 3. The molecule has 2 unspecified atom stereocenters. The van der Waals surface area contributed by atoms with E-state index in [0.29, 0.717) is 12.5 Å². The summed E-state index contributed by atoms with van der Waals surface area (Å²) < 4.78 is 5.49.